The summed E-state index contributed by atoms with van der Waals surface area (Å²) in [5.74, 6) is -0.391. The summed E-state index contributed by atoms with van der Waals surface area (Å²) in [5, 5.41) is 3.35. The SMILES string of the molecule is CC(=O)OC1=C(c2c(C)cc(Br)cc2Cl)C(=O)NC(C)(C)C1. The fraction of sp³-hybridized carbons (Fsp3) is 0.375. The molecule has 118 valence electrons. The van der Waals surface area contributed by atoms with Crippen LogP contribution in [-0.4, -0.2) is 17.4 Å². The summed E-state index contributed by atoms with van der Waals surface area (Å²) in [4.78, 5) is 24.0. The van der Waals surface area contributed by atoms with Gasteiger partial charge in [-0.15, -0.1) is 0 Å². The van der Waals surface area contributed by atoms with E-state index in [-0.39, 0.29) is 5.91 Å². The molecule has 0 atom stereocenters. The molecule has 0 aromatic heterocycles. The van der Waals surface area contributed by atoms with Crippen LogP contribution >= 0.6 is 27.5 Å². The first-order valence-electron chi connectivity index (χ1n) is 6.81. The number of nitrogens with one attached hydrogen (secondary N) is 1. The molecule has 2 rings (SSSR count). The van der Waals surface area contributed by atoms with E-state index in [4.69, 9.17) is 16.3 Å². The van der Waals surface area contributed by atoms with Gasteiger partial charge in [0.25, 0.3) is 5.91 Å². The minimum atomic E-state index is -0.485. The Morgan fingerprint density at radius 3 is 2.59 bits per heavy atom. The van der Waals surface area contributed by atoms with Gasteiger partial charge in [0.05, 0.1) is 10.6 Å². The van der Waals surface area contributed by atoms with Crippen molar-refractivity contribution in [2.45, 2.75) is 39.7 Å². The van der Waals surface area contributed by atoms with Crippen molar-refractivity contribution in [3.8, 4) is 0 Å². The summed E-state index contributed by atoms with van der Waals surface area (Å²) in [7, 11) is 0. The number of carbonyl (C=O) groups is 2. The molecule has 0 bridgehead atoms. The molecule has 22 heavy (non-hydrogen) atoms. The molecule has 0 radical (unpaired) electrons. The van der Waals surface area contributed by atoms with Crippen LogP contribution in [0.1, 0.15) is 38.3 Å². The van der Waals surface area contributed by atoms with Crippen molar-refractivity contribution in [1.82, 2.24) is 5.32 Å². The number of esters is 1. The number of carbonyl (C=O) groups excluding carboxylic acids is 2. The summed E-state index contributed by atoms with van der Waals surface area (Å²) in [5.41, 5.74) is 1.26. The number of benzene rings is 1. The average Bonchev–Trinajstić information content (AvgIpc) is 2.29. The summed E-state index contributed by atoms with van der Waals surface area (Å²) in [6, 6.07) is 3.59. The maximum absolute atomic E-state index is 12.6. The van der Waals surface area contributed by atoms with Gasteiger partial charge < -0.3 is 10.1 Å². The Morgan fingerprint density at radius 1 is 1.41 bits per heavy atom. The van der Waals surface area contributed by atoms with Gasteiger partial charge in [0.15, 0.2) is 0 Å². The molecule has 6 heteroatoms. The fourth-order valence-electron chi connectivity index (χ4n) is 2.56. The predicted octanol–water partition coefficient (Wildman–Crippen LogP) is 3.98. The highest BCUT2D eigenvalue weighted by molar-refractivity contribution is 9.10. The van der Waals surface area contributed by atoms with Gasteiger partial charge in [-0.05, 0) is 38.5 Å². The lowest BCUT2D eigenvalue weighted by Gasteiger charge is -2.33. The molecule has 4 nitrogen and oxygen atoms in total. The zero-order chi connectivity index (χ0) is 16.7. The monoisotopic (exact) mass is 385 g/mol. The number of amides is 1. The van der Waals surface area contributed by atoms with Gasteiger partial charge in [0.2, 0.25) is 0 Å². The van der Waals surface area contributed by atoms with E-state index in [1.165, 1.54) is 6.92 Å². The van der Waals surface area contributed by atoms with E-state index >= 15 is 0 Å². The van der Waals surface area contributed by atoms with E-state index < -0.39 is 11.5 Å². The van der Waals surface area contributed by atoms with Crippen LogP contribution in [0, 0.1) is 6.92 Å². The van der Waals surface area contributed by atoms with Gasteiger partial charge in [0, 0.05) is 28.9 Å². The molecule has 1 aliphatic rings. The lowest BCUT2D eigenvalue weighted by molar-refractivity contribution is -0.137. The van der Waals surface area contributed by atoms with Gasteiger partial charge >= 0.3 is 5.97 Å². The highest BCUT2D eigenvalue weighted by atomic mass is 79.9. The number of hydrogen-bond acceptors (Lipinski definition) is 3. The predicted molar refractivity (Wildman–Crippen MR) is 89.4 cm³/mol. The quantitative estimate of drug-likeness (QED) is 0.782. The first-order valence-corrected chi connectivity index (χ1v) is 7.98. The molecule has 0 saturated carbocycles. The number of halogens is 2. The van der Waals surface area contributed by atoms with Crippen molar-refractivity contribution in [2.75, 3.05) is 0 Å². The molecule has 1 aromatic rings. The Morgan fingerprint density at radius 2 is 2.05 bits per heavy atom. The Kier molecular flexibility index (Phi) is 4.68. The smallest absolute Gasteiger partial charge is 0.307 e. The molecule has 0 unspecified atom stereocenters. The van der Waals surface area contributed by atoms with Crippen LogP contribution in [0.25, 0.3) is 5.57 Å². The van der Waals surface area contributed by atoms with Crippen LogP contribution in [-0.2, 0) is 14.3 Å². The van der Waals surface area contributed by atoms with Crippen LogP contribution < -0.4 is 5.32 Å². The van der Waals surface area contributed by atoms with E-state index in [0.717, 1.165) is 10.0 Å². The normalized spacial score (nSPS) is 17.3. The van der Waals surface area contributed by atoms with Crippen molar-refractivity contribution < 1.29 is 14.3 Å². The topological polar surface area (TPSA) is 55.4 Å². The third-order valence-electron chi connectivity index (χ3n) is 3.33. The van der Waals surface area contributed by atoms with Gasteiger partial charge in [0.1, 0.15) is 5.76 Å². The Balaban J connectivity index is 2.69. The van der Waals surface area contributed by atoms with Crippen LogP contribution in [0.3, 0.4) is 0 Å². The highest BCUT2D eigenvalue weighted by Gasteiger charge is 2.36. The number of aryl methyl sites for hydroxylation is 1. The fourth-order valence-corrected chi connectivity index (χ4v) is 3.63. The van der Waals surface area contributed by atoms with Crippen molar-refractivity contribution in [2.24, 2.45) is 0 Å². The minimum absolute atomic E-state index is 0.292. The largest absolute Gasteiger partial charge is 0.430 e. The van der Waals surface area contributed by atoms with Crippen LogP contribution in [0.5, 0.6) is 0 Å². The van der Waals surface area contributed by atoms with E-state index in [2.05, 4.69) is 21.2 Å². The first kappa shape index (κ1) is 17.0. The third-order valence-corrected chi connectivity index (χ3v) is 4.09. The lowest BCUT2D eigenvalue weighted by Crippen LogP contribution is -2.48. The molecular weight excluding hydrogens is 370 g/mol. The summed E-state index contributed by atoms with van der Waals surface area (Å²) in [6.07, 6.45) is 0.416. The van der Waals surface area contributed by atoms with Gasteiger partial charge in [-0.3, -0.25) is 9.59 Å². The zero-order valence-corrected chi connectivity index (χ0v) is 15.2. The van der Waals surface area contributed by atoms with Crippen molar-refractivity contribution in [3.63, 3.8) is 0 Å². The molecular formula is C16H17BrClNO3. The molecule has 0 aliphatic carbocycles. The van der Waals surface area contributed by atoms with Gasteiger partial charge in [-0.1, -0.05) is 27.5 Å². The lowest BCUT2D eigenvalue weighted by atomic mass is 9.88. The Labute approximate surface area is 143 Å². The van der Waals surface area contributed by atoms with E-state index in [1.54, 1.807) is 6.07 Å². The standard InChI is InChI=1S/C16H17BrClNO3/c1-8-5-10(17)6-11(18)13(8)14-12(22-9(2)20)7-16(3,4)19-15(14)21/h5-6H,7H2,1-4H3,(H,19,21). The second-order valence-electron chi connectivity index (χ2n) is 5.99. The Bertz CT molecular complexity index is 672. The van der Waals surface area contributed by atoms with Crippen LogP contribution in [0.15, 0.2) is 22.4 Å². The highest BCUT2D eigenvalue weighted by Crippen LogP contribution is 2.37. The molecule has 1 aliphatic heterocycles. The van der Waals surface area contributed by atoms with Crippen LogP contribution in [0.2, 0.25) is 5.02 Å². The van der Waals surface area contributed by atoms with E-state index in [1.807, 2.05) is 26.8 Å². The zero-order valence-electron chi connectivity index (χ0n) is 12.8. The molecule has 0 saturated heterocycles. The molecule has 0 fully saturated rings. The minimum Gasteiger partial charge on any atom is -0.430 e. The van der Waals surface area contributed by atoms with Gasteiger partial charge in [-0.2, -0.15) is 0 Å². The van der Waals surface area contributed by atoms with Crippen molar-refractivity contribution in [1.29, 1.82) is 0 Å². The number of ether oxygens (including phenoxy) is 1. The number of rotatable bonds is 2. The summed E-state index contributed by atoms with van der Waals surface area (Å²) >= 11 is 9.70. The van der Waals surface area contributed by atoms with E-state index in [9.17, 15) is 9.59 Å². The maximum Gasteiger partial charge on any atom is 0.307 e. The van der Waals surface area contributed by atoms with Crippen molar-refractivity contribution >= 4 is 45.0 Å². The molecule has 1 amide bonds. The summed E-state index contributed by atoms with van der Waals surface area (Å²) < 4.78 is 6.14. The molecule has 0 spiro atoms. The van der Waals surface area contributed by atoms with Crippen LogP contribution in [0.4, 0.5) is 0 Å². The molecule has 1 N–H and O–H groups in total. The number of hydrogen-bond donors (Lipinski definition) is 1. The second kappa shape index (κ2) is 6.05. The second-order valence-corrected chi connectivity index (χ2v) is 7.31. The van der Waals surface area contributed by atoms with Crippen molar-refractivity contribution in [3.05, 3.63) is 38.5 Å². The maximum atomic E-state index is 12.6. The first-order chi connectivity index (χ1) is 10.1. The molecule has 1 aromatic carbocycles. The third kappa shape index (κ3) is 3.52. The summed E-state index contributed by atoms with van der Waals surface area (Å²) in [6.45, 7) is 6.93. The molecule has 1 heterocycles. The Hall–Kier alpha value is -1.33. The average molecular weight is 387 g/mol. The van der Waals surface area contributed by atoms with Gasteiger partial charge in [-0.25, -0.2) is 0 Å². The van der Waals surface area contributed by atoms with E-state index in [0.29, 0.717) is 28.3 Å².